The van der Waals surface area contributed by atoms with Gasteiger partial charge in [-0.25, -0.2) is 4.68 Å². The Morgan fingerprint density at radius 2 is 1.96 bits per heavy atom. The van der Waals surface area contributed by atoms with Gasteiger partial charge in [-0.05, 0) is 31.0 Å². The maximum absolute atomic E-state index is 12.2. The third kappa shape index (κ3) is 3.23. The van der Waals surface area contributed by atoms with Gasteiger partial charge in [-0.15, -0.1) is 0 Å². The fourth-order valence-corrected chi connectivity index (χ4v) is 2.89. The van der Waals surface area contributed by atoms with Crippen LogP contribution < -0.4 is 10.9 Å². The van der Waals surface area contributed by atoms with Gasteiger partial charge in [0.2, 0.25) is 0 Å². The second-order valence-corrected chi connectivity index (χ2v) is 6.45. The SMILES string of the molecule is Cn1nc(-c2ccc(C(=O)NCC3(CO)CCC3)cc2)ccc1=O. The minimum atomic E-state index is -0.163. The fraction of sp³-hybridized carbons (Fsp3) is 0.389. The van der Waals surface area contributed by atoms with Crippen molar-refractivity contribution in [1.82, 2.24) is 15.1 Å². The third-order valence-electron chi connectivity index (χ3n) is 4.78. The highest BCUT2D eigenvalue weighted by Crippen LogP contribution is 2.39. The maximum atomic E-state index is 12.2. The van der Waals surface area contributed by atoms with Crippen LogP contribution in [0.3, 0.4) is 0 Å². The van der Waals surface area contributed by atoms with E-state index >= 15 is 0 Å². The van der Waals surface area contributed by atoms with E-state index in [4.69, 9.17) is 0 Å². The number of aliphatic hydroxyl groups is 1. The molecule has 1 fully saturated rings. The summed E-state index contributed by atoms with van der Waals surface area (Å²) in [4.78, 5) is 23.6. The van der Waals surface area contributed by atoms with E-state index in [1.54, 1.807) is 25.2 Å². The molecule has 126 valence electrons. The Labute approximate surface area is 140 Å². The average Bonchev–Trinajstić information content (AvgIpc) is 2.57. The molecule has 1 aliphatic rings. The Hall–Kier alpha value is -2.47. The van der Waals surface area contributed by atoms with Crippen LogP contribution in [-0.4, -0.2) is 33.9 Å². The minimum Gasteiger partial charge on any atom is -0.396 e. The molecule has 6 nitrogen and oxygen atoms in total. The maximum Gasteiger partial charge on any atom is 0.266 e. The number of benzene rings is 1. The predicted octanol–water partition coefficient (Wildman–Crippen LogP) is 1.34. The number of aryl methyl sites for hydroxylation is 1. The van der Waals surface area contributed by atoms with E-state index in [1.807, 2.05) is 12.1 Å². The second kappa shape index (κ2) is 6.57. The number of aliphatic hydroxyl groups excluding tert-OH is 1. The molecule has 0 atom stereocenters. The molecule has 3 rings (SSSR count). The van der Waals surface area contributed by atoms with Crippen molar-refractivity contribution in [3.8, 4) is 11.3 Å². The molecule has 0 radical (unpaired) electrons. The summed E-state index contributed by atoms with van der Waals surface area (Å²) in [6, 6.07) is 10.2. The Balaban J connectivity index is 1.68. The summed E-state index contributed by atoms with van der Waals surface area (Å²) in [6.45, 7) is 0.622. The Morgan fingerprint density at radius 1 is 1.25 bits per heavy atom. The molecule has 1 heterocycles. The van der Waals surface area contributed by atoms with Crippen molar-refractivity contribution in [3.05, 3.63) is 52.3 Å². The van der Waals surface area contributed by atoms with Crippen LogP contribution in [-0.2, 0) is 7.05 Å². The van der Waals surface area contributed by atoms with E-state index in [0.29, 0.717) is 17.8 Å². The molecule has 2 aromatic rings. The molecular formula is C18H21N3O3. The largest absolute Gasteiger partial charge is 0.396 e. The molecule has 1 amide bonds. The first-order chi connectivity index (χ1) is 11.5. The van der Waals surface area contributed by atoms with Gasteiger partial charge in [0.15, 0.2) is 0 Å². The topological polar surface area (TPSA) is 84.2 Å². The number of rotatable bonds is 5. The van der Waals surface area contributed by atoms with E-state index in [-0.39, 0.29) is 23.5 Å². The van der Waals surface area contributed by atoms with Crippen LogP contribution >= 0.6 is 0 Å². The first-order valence-corrected chi connectivity index (χ1v) is 8.07. The van der Waals surface area contributed by atoms with Gasteiger partial charge in [0.25, 0.3) is 11.5 Å². The summed E-state index contributed by atoms with van der Waals surface area (Å²) in [5, 5.41) is 16.5. The van der Waals surface area contributed by atoms with Crippen molar-refractivity contribution in [3.63, 3.8) is 0 Å². The highest BCUT2D eigenvalue weighted by Gasteiger charge is 2.36. The van der Waals surface area contributed by atoms with Crippen molar-refractivity contribution in [2.75, 3.05) is 13.2 Å². The first-order valence-electron chi connectivity index (χ1n) is 8.07. The molecule has 2 N–H and O–H groups in total. The number of aromatic nitrogens is 2. The van der Waals surface area contributed by atoms with Crippen LogP contribution in [0.25, 0.3) is 11.3 Å². The van der Waals surface area contributed by atoms with Crippen LogP contribution in [0.2, 0.25) is 0 Å². The van der Waals surface area contributed by atoms with Gasteiger partial charge in [0.1, 0.15) is 0 Å². The summed E-state index contributed by atoms with van der Waals surface area (Å²) in [5.41, 5.74) is 1.79. The van der Waals surface area contributed by atoms with Gasteiger partial charge >= 0.3 is 0 Å². The number of nitrogens with one attached hydrogen (secondary N) is 1. The Bertz CT molecular complexity index is 786. The molecule has 1 saturated carbocycles. The first kappa shape index (κ1) is 16.4. The van der Waals surface area contributed by atoms with Gasteiger partial charge in [0.05, 0.1) is 12.3 Å². The Morgan fingerprint density at radius 3 is 2.50 bits per heavy atom. The van der Waals surface area contributed by atoms with E-state index in [2.05, 4.69) is 10.4 Å². The third-order valence-corrected chi connectivity index (χ3v) is 4.78. The van der Waals surface area contributed by atoms with Gasteiger partial charge < -0.3 is 10.4 Å². The number of hydrogen-bond donors (Lipinski definition) is 2. The summed E-state index contributed by atoms with van der Waals surface area (Å²) >= 11 is 0. The van der Waals surface area contributed by atoms with E-state index in [1.165, 1.54) is 10.7 Å². The van der Waals surface area contributed by atoms with Gasteiger partial charge in [-0.1, -0.05) is 18.6 Å². The van der Waals surface area contributed by atoms with Crippen molar-refractivity contribution in [1.29, 1.82) is 0 Å². The lowest BCUT2D eigenvalue weighted by Crippen LogP contribution is -2.44. The van der Waals surface area contributed by atoms with Crippen molar-refractivity contribution >= 4 is 5.91 Å². The lowest BCUT2D eigenvalue weighted by atomic mass is 9.69. The summed E-state index contributed by atoms with van der Waals surface area (Å²) in [6.07, 6.45) is 3.03. The summed E-state index contributed by atoms with van der Waals surface area (Å²) < 4.78 is 1.28. The van der Waals surface area contributed by atoms with Crippen LogP contribution in [0.15, 0.2) is 41.2 Å². The normalized spacial score (nSPS) is 15.6. The molecule has 0 unspecified atom stereocenters. The van der Waals surface area contributed by atoms with Gasteiger partial charge in [0, 0.05) is 36.2 Å². The van der Waals surface area contributed by atoms with Crippen LogP contribution in [0.5, 0.6) is 0 Å². The van der Waals surface area contributed by atoms with Gasteiger partial charge in [-0.3, -0.25) is 9.59 Å². The standard InChI is InChI=1S/C18H21N3O3/c1-21-16(23)8-7-15(20-21)13-3-5-14(6-4-13)17(24)19-11-18(12-22)9-2-10-18/h3-8,22H,2,9-12H2,1H3,(H,19,24). The molecule has 1 aromatic heterocycles. The van der Waals surface area contributed by atoms with E-state index in [9.17, 15) is 14.7 Å². The lowest BCUT2D eigenvalue weighted by Gasteiger charge is -2.40. The lowest BCUT2D eigenvalue weighted by molar-refractivity contribution is 0.0429. The highest BCUT2D eigenvalue weighted by atomic mass is 16.3. The quantitative estimate of drug-likeness (QED) is 0.868. The smallest absolute Gasteiger partial charge is 0.266 e. The molecule has 0 bridgehead atoms. The molecule has 1 aromatic carbocycles. The molecule has 1 aliphatic carbocycles. The molecule has 0 aliphatic heterocycles. The van der Waals surface area contributed by atoms with Gasteiger partial charge in [-0.2, -0.15) is 5.10 Å². The number of hydrogen-bond acceptors (Lipinski definition) is 4. The summed E-state index contributed by atoms with van der Waals surface area (Å²) in [7, 11) is 1.60. The number of carbonyl (C=O) groups is 1. The summed E-state index contributed by atoms with van der Waals surface area (Å²) in [5.74, 6) is -0.144. The fourth-order valence-electron chi connectivity index (χ4n) is 2.89. The van der Waals surface area contributed by atoms with Crippen LogP contribution in [0, 0.1) is 5.41 Å². The zero-order valence-electron chi connectivity index (χ0n) is 13.7. The second-order valence-electron chi connectivity index (χ2n) is 6.45. The molecule has 6 heteroatoms. The number of carbonyl (C=O) groups excluding carboxylic acids is 1. The molecule has 0 spiro atoms. The molecule has 24 heavy (non-hydrogen) atoms. The monoisotopic (exact) mass is 327 g/mol. The van der Waals surface area contributed by atoms with Crippen LogP contribution in [0.4, 0.5) is 0 Å². The predicted molar refractivity (Wildman–Crippen MR) is 90.6 cm³/mol. The van der Waals surface area contributed by atoms with E-state index in [0.717, 1.165) is 24.8 Å². The van der Waals surface area contributed by atoms with Crippen molar-refractivity contribution in [2.45, 2.75) is 19.3 Å². The molecular weight excluding hydrogens is 306 g/mol. The zero-order chi connectivity index (χ0) is 17.2. The number of amides is 1. The average molecular weight is 327 g/mol. The zero-order valence-corrected chi connectivity index (χ0v) is 13.7. The van der Waals surface area contributed by atoms with Crippen LogP contribution in [0.1, 0.15) is 29.6 Å². The van der Waals surface area contributed by atoms with E-state index < -0.39 is 0 Å². The molecule has 0 saturated heterocycles. The Kier molecular flexibility index (Phi) is 4.49. The van der Waals surface area contributed by atoms with Crippen molar-refractivity contribution in [2.24, 2.45) is 12.5 Å². The van der Waals surface area contributed by atoms with Crippen molar-refractivity contribution < 1.29 is 9.90 Å². The minimum absolute atomic E-state index is 0.116. The highest BCUT2D eigenvalue weighted by molar-refractivity contribution is 5.94. The number of nitrogens with zero attached hydrogens (tertiary/aromatic N) is 2.